The van der Waals surface area contributed by atoms with Crippen LogP contribution in [0.2, 0.25) is 0 Å². The minimum Gasteiger partial charge on any atom is -0.480 e. The lowest BCUT2D eigenvalue weighted by Crippen LogP contribution is -2.55. The Morgan fingerprint density at radius 3 is 2.41 bits per heavy atom. The molecular formula is C20H30N3O8P. The number of phosphoric acid groups is 1. The van der Waals surface area contributed by atoms with Crippen LogP contribution in [0.25, 0.3) is 0 Å². The molecule has 0 aliphatic carbocycles. The lowest BCUT2D eigenvalue weighted by molar-refractivity contribution is -0.149. The third-order valence-corrected chi connectivity index (χ3v) is 5.53. The molecule has 178 valence electrons. The SMILES string of the molecule is CC(C)C[C@H](NC(=O)[C@@H](N)Cc1ccc(OP(=O)(O)O)cc1)C(=O)N1CCC[C@H]1C(=O)O. The lowest BCUT2D eigenvalue weighted by atomic mass is 10.0. The van der Waals surface area contributed by atoms with Crippen molar-refractivity contribution in [3.63, 3.8) is 0 Å². The van der Waals surface area contributed by atoms with Crippen LogP contribution in [-0.2, 0) is 25.4 Å². The molecule has 0 radical (unpaired) electrons. The summed E-state index contributed by atoms with van der Waals surface area (Å²) in [5.41, 5.74) is 6.64. The Hall–Kier alpha value is -2.46. The summed E-state index contributed by atoms with van der Waals surface area (Å²) in [5.74, 6) is -1.99. The highest BCUT2D eigenvalue weighted by Crippen LogP contribution is 2.37. The van der Waals surface area contributed by atoms with Crippen LogP contribution in [0.1, 0.15) is 38.7 Å². The fourth-order valence-corrected chi connectivity index (χ4v) is 4.03. The number of carbonyl (C=O) groups is 3. The van der Waals surface area contributed by atoms with Crippen molar-refractivity contribution < 1.29 is 38.4 Å². The predicted molar refractivity (Wildman–Crippen MR) is 115 cm³/mol. The van der Waals surface area contributed by atoms with Gasteiger partial charge in [-0.25, -0.2) is 9.36 Å². The number of nitrogens with one attached hydrogen (secondary N) is 1. The third-order valence-electron chi connectivity index (χ3n) is 5.08. The van der Waals surface area contributed by atoms with Crippen molar-refractivity contribution in [2.45, 2.75) is 57.7 Å². The van der Waals surface area contributed by atoms with Gasteiger partial charge in [-0.05, 0) is 49.3 Å². The molecule has 1 heterocycles. The average molecular weight is 471 g/mol. The first-order chi connectivity index (χ1) is 14.9. The zero-order chi connectivity index (χ0) is 24.1. The molecule has 0 saturated carbocycles. The van der Waals surface area contributed by atoms with Crippen molar-refractivity contribution in [3.05, 3.63) is 29.8 Å². The zero-order valence-corrected chi connectivity index (χ0v) is 18.9. The molecule has 1 aliphatic heterocycles. The second-order valence-corrected chi connectivity index (χ2v) is 9.42. The predicted octanol–water partition coefficient (Wildman–Crippen LogP) is 0.634. The molecule has 11 nitrogen and oxygen atoms in total. The van der Waals surface area contributed by atoms with E-state index < -0.39 is 43.7 Å². The lowest BCUT2D eigenvalue weighted by Gasteiger charge is -2.29. The minimum absolute atomic E-state index is 0.0266. The Morgan fingerprint density at radius 2 is 1.88 bits per heavy atom. The van der Waals surface area contributed by atoms with E-state index in [1.165, 1.54) is 29.2 Å². The molecule has 12 heteroatoms. The molecule has 32 heavy (non-hydrogen) atoms. The van der Waals surface area contributed by atoms with Crippen LogP contribution >= 0.6 is 7.82 Å². The van der Waals surface area contributed by atoms with Crippen molar-refractivity contribution in [2.75, 3.05) is 6.54 Å². The van der Waals surface area contributed by atoms with E-state index in [0.717, 1.165) is 0 Å². The van der Waals surface area contributed by atoms with E-state index in [1.54, 1.807) is 0 Å². The second-order valence-electron chi connectivity index (χ2n) is 8.26. The Balaban J connectivity index is 2.03. The maximum Gasteiger partial charge on any atom is 0.524 e. The normalized spacial score (nSPS) is 18.3. The molecular weight excluding hydrogens is 441 g/mol. The fraction of sp³-hybridized carbons (Fsp3) is 0.550. The largest absolute Gasteiger partial charge is 0.524 e. The molecule has 0 spiro atoms. The number of hydrogen-bond donors (Lipinski definition) is 5. The molecule has 0 unspecified atom stereocenters. The Morgan fingerprint density at radius 1 is 1.25 bits per heavy atom. The van der Waals surface area contributed by atoms with Gasteiger partial charge in [0.25, 0.3) is 0 Å². The molecule has 1 fully saturated rings. The Bertz CT molecular complexity index is 870. The number of nitrogens with two attached hydrogens (primary N) is 1. The van der Waals surface area contributed by atoms with Gasteiger partial charge in [-0.2, -0.15) is 0 Å². The highest BCUT2D eigenvalue weighted by atomic mass is 31.2. The van der Waals surface area contributed by atoms with E-state index in [4.69, 9.17) is 15.5 Å². The van der Waals surface area contributed by atoms with E-state index in [0.29, 0.717) is 31.4 Å². The van der Waals surface area contributed by atoms with Gasteiger partial charge in [0, 0.05) is 6.54 Å². The van der Waals surface area contributed by atoms with Gasteiger partial charge >= 0.3 is 13.8 Å². The van der Waals surface area contributed by atoms with E-state index in [1.807, 2.05) is 13.8 Å². The van der Waals surface area contributed by atoms with Crippen molar-refractivity contribution >= 4 is 25.6 Å². The van der Waals surface area contributed by atoms with E-state index >= 15 is 0 Å². The number of hydrogen-bond acceptors (Lipinski definition) is 6. The number of carbonyl (C=O) groups excluding carboxylic acids is 2. The summed E-state index contributed by atoms with van der Waals surface area (Å²) >= 11 is 0. The van der Waals surface area contributed by atoms with Gasteiger partial charge in [-0.15, -0.1) is 0 Å². The summed E-state index contributed by atoms with van der Waals surface area (Å²) in [5, 5.41) is 12.0. The molecule has 6 N–H and O–H groups in total. The van der Waals surface area contributed by atoms with Gasteiger partial charge in [0.15, 0.2) is 0 Å². The van der Waals surface area contributed by atoms with Gasteiger partial charge in [0.1, 0.15) is 17.8 Å². The van der Waals surface area contributed by atoms with Gasteiger partial charge in [0.05, 0.1) is 6.04 Å². The summed E-state index contributed by atoms with van der Waals surface area (Å²) in [6, 6.07) is 2.99. The van der Waals surface area contributed by atoms with Crippen LogP contribution in [0.5, 0.6) is 5.75 Å². The van der Waals surface area contributed by atoms with Gasteiger partial charge in [-0.3, -0.25) is 19.4 Å². The minimum atomic E-state index is -4.66. The molecule has 0 aromatic heterocycles. The molecule has 1 saturated heterocycles. The number of likely N-dealkylation sites (tertiary alicyclic amines) is 1. The number of benzene rings is 1. The van der Waals surface area contributed by atoms with E-state index in [2.05, 4.69) is 9.84 Å². The first-order valence-corrected chi connectivity index (χ1v) is 11.8. The molecule has 2 amide bonds. The van der Waals surface area contributed by atoms with Gasteiger partial charge in [0.2, 0.25) is 11.8 Å². The van der Waals surface area contributed by atoms with Crippen LogP contribution in [-0.4, -0.2) is 62.2 Å². The van der Waals surface area contributed by atoms with Crippen LogP contribution in [0.15, 0.2) is 24.3 Å². The zero-order valence-electron chi connectivity index (χ0n) is 18.0. The molecule has 0 bridgehead atoms. The molecule has 1 aromatic rings. The summed E-state index contributed by atoms with van der Waals surface area (Å²) in [6.07, 6.45) is 1.43. The first-order valence-electron chi connectivity index (χ1n) is 10.3. The number of rotatable bonds is 10. The maximum absolute atomic E-state index is 13.0. The standard InChI is InChI=1S/C20H30N3O8P/c1-12(2)10-16(19(25)23-9-3-4-17(23)20(26)27)22-18(24)15(21)11-13-5-7-14(8-6-13)31-32(28,29)30/h5-8,12,15-17H,3-4,9-11,21H2,1-2H3,(H,22,24)(H,26,27)(H2,28,29,30)/t15-,16-,17-/m0/s1. The molecule has 1 aromatic carbocycles. The second kappa shape index (κ2) is 10.9. The molecule has 2 rings (SSSR count). The van der Waals surface area contributed by atoms with Crippen LogP contribution in [0.4, 0.5) is 0 Å². The topological polar surface area (TPSA) is 179 Å². The molecule has 1 aliphatic rings. The maximum atomic E-state index is 13.0. The Labute approximate surface area is 186 Å². The number of carboxylic acid groups (broad SMARTS) is 1. The third kappa shape index (κ3) is 7.59. The number of phosphoric ester groups is 1. The highest BCUT2D eigenvalue weighted by Gasteiger charge is 2.38. The summed E-state index contributed by atoms with van der Waals surface area (Å²) < 4.78 is 15.3. The van der Waals surface area contributed by atoms with Crippen molar-refractivity contribution in [3.8, 4) is 5.75 Å². The summed E-state index contributed by atoms with van der Waals surface area (Å²) in [4.78, 5) is 56.1. The average Bonchev–Trinajstić information content (AvgIpc) is 3.17. The van der Waals surface area contributed by atoms with E-state index in [-0.39, 0.29) is 18.1 Å². The number of aliphatic carboxylic acids is 1. The van der Waals surface area contributed by atoms with Crippen molar-refractivity contribution in [1.29, 1.82) is 0 Å². The number of nitrogens with zero attached hydrogens (tertiary/aromatic N) is 1. The van der Waals surface area contributed by atoms with Crippen molar-refractivity contribution in [2.24, 2.45) is 11.7 Å². The van der Waals surface area contributed by atoms with Crippen LogP contribution in [0.3, 0.4) is 0 Å². The fourth-order valence-electron chi connectivity index (χ4n) is 3.63. The number of carboxylic acids is 1. The smallest absolute Gasteiger partial charge is 0.480 e. The Kier molecular flexibility index (Phi) is 8.80. The van der Waals surface area contributed by atoms with Crippen LogP contribution < -0.4 is 15.6 Å². The highest BCUT2D eigenvalue weighted by molar-refractivity contribution is 7.46. The van der Waals surface area contributed by atoms with E-state index in [9.17, 15) is 24.1 Å². The van der Waals surface area contributed by atoms with Gasteiger partial charge in [-0.1, -0.05) is 26.0 Å². The van der Waals surface area contributed by atoms with Gasteiger partial charge < -0.3 is 25.6 Å². The summed E-state index contributed by atoms with van der Waals surface area (Å²) in [7, 11) is -4.66. The number of amides is 2. The van der Waals surface area contributed by atoms with Crippen molar-refractivity contribution in [1.82, 2.24) is 10.2 Å². The summed E-state index contributed by atoms with van der Waals surface area (Å²) in [6.45, 7) is 4.12. The monoisotopic (exact) mass is 471 g/mol. The first kappa shape index (κ1) is 25.8. The van der Waals surface area contributed by atoms with Crippen LogP contribution in [0, 0.1) is 5.92 Å². The quantitative estimate of drug-likeness (QED) is 0.306. The molecule has 3 atom stereocenters.